The zero-order chi connectivity index (χ0) is 10.4. The van der Waals surface area contributed by atoms with Crippen molar-refractivity contribution in [3.8, 4) is 0 Å². The van der Waals surface area contributed by atoms with E-state index >= 15 is 0 Å². The molecule has 0 aromatic carbocycles. The Morgan fingerprint density at radius 3 is 2.93 bits per heavy atom. The molecule has 0 aliphatic heterocycles. The van der Waals surface area contributed by atoms with E-state index in [1.54, 1.807) is 0 Å². The van der Waals surface area contributed by atoms with E-state index in [0.29, 0.717) is 0 Å². The van der Waals surface area contributed by atoms with Gasteiger partial charge in [-0.15, -0.1) is 0 Å². The summed E-state index contributed by atoms with van der Waals surface area (Å²) in [5.74, 6) is 2.00. The van der Waals surface area contributed by atoms with Gasteiger partial charge in [-0.1, -0.05) is 6.92 Å². The fourth-order valence-corrected chi connectivity index (χ4v) is 2.16. The molecule has 0 spiro atoms. The molecule has 0 aliphatic rings. The lowest BCUT2D eigenvalue weighted by Crippen LogP contribution is -2.21. The van der Waals surface area contributed by atoms with Crippen molar-refractivity contribution in [3.05, 3.63) is 24.0 Å². The Bertz CT molecular complexity index is 258. The van der Waals surface area contributed by atoms with Crippen LogP contribution >= 0.6 is 11.8 Å². The van der Waals surface area contributed by atoms with Crippen molar-refractivity contribution in [1.82, 2.24) is 9.88 Å². The Labute approximate surface area is 91.1 Å². The van der Waals surface area contributed by atoms with Crippen LogP contribution in [-0.4, -0.2) is 23.1 Å². The van der Waals surface area contributed by atoms with E-state index < -0.39 is 0 Å². The molecule has 0 saturated carbocycles. The van der Waals surface area contributed by atoms with Crippen molar-refractivity contribution in [2.24, 2.45) is 13.0 Å². The Morgan fingerprint density at radius 2 is 2.36 bits per heavy atom. The zero-order valence-electron chi connectivity index (χ0n) is 9.29. The number of hydrogen-bond acceptors (Lipinski definition) is 2. The Balaban J connectivity index is 2.15. The van der Waals surface area contributed by atoms with Crippen molar-refractivity contribution < 1.29 is 0 Å². The molecule has 0 radical (unpaired) electrons. The van der Waals surface area contributed by atoms with E-state index in [-0.39, 0.29) is 0 Å². The molecule has 1 heterocycles. The standard InChI is InChI=1S/C11H20N2S/c1-10(9-14-3)6-12-7-11-4-5-13(2)8-11/h4-5,8,10,12H,6-7,9H2,1-3H3. The van der Waals surface area contributed by atoms with Crippen LogP contribution in [0.25, 0.3) is 0 Å². The molecule has 0 saturated heterocycles. The highest BCUT2D eigenvalue weighted by Crippen LogP contribution is 2.03. The fourth-order valence-electron chi connectivity index (χ4n) is 1.47. The average molecular weight is 212 g/mol. The molecule has 1 atom stereocenters. The van der Waals surface area contributed by atoms with Gasteiger partial charge in [-0.2, -0.15) is 11.8 Å². The highest BCUT2D eigenvalue weighted by molar-refractivity contribution is 7.98. The number of rotatable bonds is 6. The first-order valence-corrected chi connectivity index (χ1v) is 6.42. The van der Waals surface area contributed by atoms with E-state index in [0.717, 1.165) is 19.0 Å². The third kappa shape index (κ3) is 4.20. The number of nitrogens with one attached hydrogen (secondary N) is 1. The van der Waals surface area contributed by atoms with Gasteiger partial charge in [0.2, 0.25) is 0 Å². The molecule has 1 rings (SSSR count). The first kappa shape index (κ1) is 11.7. The maximum atomic E-state index is 3.47. The maximum absolute atomic E-state index is 3.47. The quantitative estimate of drug-likeness (QED) is 0.778. The van der Waals surface area contributed by atoms with Crippen LogP contribution in [0, 0.1) is 5.92 Å². The van der Waals surface area contributed by atoms with Crippen molar-refractivity contribution in [2.45, 2.75) is 13.5 Å². The largest absolute Gasteiger partial charge is 0.357 e. The monoisotopic (exact) mass is 212 g/mol. The topological polar surface area (TPSA) is 17.0 Å². The number of hydrogen-bond donors (Lipinski definition) is 1. The molecule has 1 unspecified atom stereocenters. The third-order valence-corrected chi connectivity index (χ3v) is 3.07. The molecule has 14 heavy (non-hydrogen) atoms. The van der Waals surface area contributed by atoms with Gasteiger partial charge in [0.05, 0.1) is 0 Å². The highest BCUT2D eigenvalue weighted by atomic mass is 32.2. The summed E-state index contributed by atoms with van der Waals surface area (Å²) in [5, 5.41) is 3.47. The normalized spacial score (nSPS) is 13.1. The van der Waals surface area contributed by atoms with Gasteiger partial charge in [-0.3, -0.25) is 0 Å². The van der Waals surface area contributed by atoms with E-state index in [9.17, 15) is 0 Å². The lowest BCUT2D eigenvalue weighted by atomic mass is 10.2. The number of aromatic nitrogens is 1. The van der Waals surface area contributed by atoms with Crippen LogP contribution in [-0.2, 0) is 13.6 Å². The van der Waals surface area contributed by atoms with E-state index in [2.05, 4.69) is 48.6 Å². The van der Waals surface area contributed by atoms with E-state index in [1.165, 1.54) is 11.3 Å². The second-order valence-electron chi connectivity index (χ2n) is 3.88. The summed E-state index contributed by atoms with van der Waals surface area (Å²) in [4.78, 5) is 0. The molecule has 80 valence electrons. The molecule has 3 heteroatoms. The van der Waals surface area contributed by atoms with Gasteiger partial charge < -0.3 is 9.88 Å². The van der Waals surface area contributed by atoms with E-state index in [1.807, 2.05) is 11.8 Å². The highest BCUT2D eigenvalue weighted by Gasteiger charge is 2.00. The molecule has 0 fully saturated rings. The molecule has 1 aromatic heterocycles. The van der Waals surface area contributed by atoms with Crippen molar-refractivity contribution in [1.29, 1.82) is 0 Å². The second kappa shape index (κ2) is 6.14. The van der Waals surface area contributed by atoms with Crippen LogP contribution < -0.4 is 5.32 Å². The number of aryl methyl sites for hydroxylation is 1. The number of thioether (sulfide) groups is 1. The predicted octanol–water partition coefficient (Wildman–Crippen LogP) is 2.11. The van der Waals surface area contributed by atoms with Crippen LogP contribution in [0.5, 0.6) is 0 Å². The molecule has 0 bridgehead atoms. The average Bonchev–Trinajstić information content (AvgIpc) is 2.52. The Morgan fingerprint density at radius 1 is 1.57 bits per heavy atom. The summed E-state index contributed by atoms with van der Waals surface area (Å²) < 4.78 is 2.09. The summed E-state index contributed by atoms with van der Waals surface area (Å²) in [7, 11) is 2.06. The van der Waals surface area contributed by atoms with Gasteiger partial charge in [-0.25, -0.2) is 0 Å². The van der Waals surface area contributed by atoms with Crippen molar-refractivity contribution >= 4 is 11.8 Å². The van der Waals surface area contributed by atoms with Gasteiger partial charge in [0, 0.05) is 26.0 Å². The summed E-state index contributed by atoms with van der Waals surface area (Å²) in [6.07, 6.45) is 6.41. The molecule has 1 aromatic rings. The zero-order valence-corrected chi connectivity index (χ0v) is 10.1. The van der Waals surface area contributed by atoms with Crippen LogP contribution in [0.2, 0.25) is 0 Å². The molecule has 0 aliphatic carbocycles. The first-order chi connectivity index (χ1) is 6.72. The summed E-state index contributed by atoms with van der Waals surface area (Å²) in [6.45, 7) is 4.38. The first-order valence-electron chi connectivity index (χ1n) is 5.03. The second-order valence-corrected chi connectivity index (χ2v) is 4.79. The molecule has 0 amide bonds. The maximum Gasteiger partial charge on any atom is 0.0220 e. The Kier molecular flexibility index (Phi) is 5.12. The summed E-state index contributed by atoms with van der Waals surface area (Å²) >= 11 is 1.92. The molecular formula is C11H20N2S. The van der Waals surface area contributed by atoms with E-state index in [4.69, 9.17) is 0 Å². The van der Waals surface area contributed by atoms with Crippen LogP contribution in [0.4, 0.5) is 0 Å². The van der Waals surface area contributed by atoms with Crippen LogP contribution in [0.15, 0.2) is 18.5 Å². The third-order valence-electron chi connectivity index (χ3n) is 2.17. The predicted molar refractivity (Wildman–Crippen MR) is 64.7 cm³/mol. The minimum atomic E-state index is 0.758. The van der Waals surface area contributed by atoms with Gasteiger partial charge in [0.15, 0.2) is 0 Å². The summed E-state index contributed by atoms with van der Waals surface area (Å²) in [5.41, 5.74) is 1.36. The molecule has 1 N–H and O–H groups in total. The van der Waals surface area contributed by atoms with Crippen LogP contribution in [0.1, 0.15) is 12.5 Å². The fraction of sp³-hybridized carbons (Fsp3) is 0.636. The van der Waals surface area contributed by atoms with Gasteiger partial charge in [-0.05, 0) is 36.1 Å². The van der Waals surface area contributed by atoms with Crippen molar-refractivity contribution in [2.75, 3.05) is 18.6 Å². The van der Waals surface area contributed by atoms with Crippen molar-refractivity contribution in [3.63, 3.8) is 0 Å². The van der Waals surface area contributed by atoms with Gasteiger partial charge in [0.1, 0.15) is 0 Å². The smallest absolute Gasteiger partial charge is 0.0220 e. The lowest BCUT2D eigenvalue weighted by molar-refractivity contribution is 0.559. The molecular weight excluding hydrogens is 192 g/mol. The molecule has 2 nitrogen and oxygen atoms in total. The summed E-state index contributed by atoms with van der Waals surface area (Å²) in [6, 6.07) is 2.16. The minimum absolute atomic E-state index is 0.758. The lowest BCUT2D eigenvalue weighted by Gasteiger charge is -2.10. The Hall–Kier alpha value is -0.410. The minimum Gasteiger partial charge on any atom is -0.357 e. The number of nitrogens with zero attached hydrogens (tertiary/aromatic N) is 1. The van der Waals surface area contributed by atoms with Gasteiger partial charge in [0.25, 0.3) is 0 Å². The SMILES string of the molecule is CSCC(C)CNCc1ccn(C)c1. The van der Waals surface area contributed by atoms with Crippen LogP contribution in [0.3, 0.4) is 0 Å². The van der Waals surface area contributed by atoms with Gasteiger partial charge >= 0.3 is 0 Å².